The first-order valence-corrected chi connectivity index (χ1v) is 11.3. The summed E-state index contributed by atoms with van der Waals surface area (Å²) in [6.45, 7) is 17.4. The lowest BCUT2D eigenvalue weighted by Gasteiger charge is -2.37. The lowest BCUT2D eigenvalue weighted by molar-refractivity contribution is 0.250. The van der Waals surface area contributed by atoms with Gasteiger partial charge in [-0.05, 0) is 67.8 Å². The van der Waals surface area contributed by atoms with E-state index in [4.69, 9.17) is 0 Å². The van der Waals surface area contributed by atoms with Gasteiger partial charge in [0.1, 0.15) is 0 Å². The molecule has 2 heterocycles. The van der Waals surface area contributed by atoms with Gasteiger partial charge in [0, 0.05) is 61.0 Å². The zero-order valence-electron chi connectivity index (χ0n) is 18.9. The van der Waals surface area contributed by atoms with Crippen LogP contribution < -0.4 is 15.5 Å². The summed E-state index contributed by atoms with van der Waals surface area (Å²) < 4.78 is 0. The largest absolute Gasteiger partial charge is 0.369 e. The molecule has 2 aliphatic rings. The number of allylic oxidation sites excluding steroid dienone is 2. The number of piperazine rings is 1. The van der Waals surface area contributed by atoms with Crippen LogP contribution in [-0.4, -0.2) is 31.1 Å². The number of hydrogen-bond donors (Lipinski definition) is 2. The lowest BCUT2D eigenvalue weighted by Crippen LogP contribution is -2.46. The number of nitrogens with zero attached hydrogens (tertiary/aromatic N) is 2. The van der Waals surface area contributed by atoms with Crippen LogP contribution in [0.2, 0.25) is 0 Å². The fourth-order valence-corrected chi connectivity index (χ4v) is 4.68. The van der Waals surface area contributed by atoms with E-state index < -0.39 is 0 Å². The zero-order chi connectivity index (χ0) is 21.8. The van der Waals surface area contributed by atoms with Crippen LogP contribution in [0.4, 0.5) is 17.1 Å². The Balaban J connectivity index is 1.42. The maximum Gasteiger partial charge on any atom is 0.0457 e. The Bertz CT molecular complexity index is 997. The smallest absolute Gasteiger partial charge is 0.0457 e. The molecule has 4 nitrogen and oxygen atoms in total. The molecule has 0 atom stereocenters. The highest BCUT2D eigenvalue weighted by molar-refractivity contribution is 5.76. The summed E-state index contributed by atoms with van der Waals surface area (Å²) in [5.41, 5.74) is 10.1. The van der Waals surface area contributed by atoms with Crippen molar-refractivity contribution in [1.82, 2.24) is 4.90 Å². The fraction of sp³-hybridized carbons (Fsp3) is 0.333. The molecule has 0 radical (unpaired) electrons. The van der Waals surface area contributed by atoms with E-state index in [1.54, 1.807) is 6.20 Å². The van der Waals surface area contributed by atoms with Gasteiger partial charge in [-0.1, -0.05) is 37.4 Å². The third kappa shape index (κ3) is 4.70. The molecular weight excluding hydrogens is 380 g/mol. The number of benzene rings is 2. The van der Waals surface area contributed by atoms with Gasteiger partial charge in [0.2, 0.25) is 0 Å². The van der Waals surface area contributed by atoms with Crippen LogP contribution in [-0.2, 0) is 13.0 Å². The van der Waals surface area contributed by atoms with Crippen molar-refractivity contribution in [2.24, 2.45) is 0 Å². The monoisotopic (exact) mass is 414 g/mol. The Morgan fingerprint density at radius 3 is 2.65 bits per heavy atom. The molecule has 0 amide bonds. The van der Waals surface area contributed by atoms with E-state index >= 15 is 0 Å². The molecule has 4 rings (SSSR count). The second-order valence-corrected chi connectivity index (χ2v) is 8.50. The van der Waals surface area contributed by atoms with Gasteiger partial charge < -0.3 is 15.5 Å². The number of fused-ring (bicyclic) bond motifs is 1. The van der Waals surface area contributed by atoms with Crippen LogP contribution >= 0.6 is 0 Å². The van der Waals surface area contributed by atoms with Gasteiger partial charge in [-0.15, -0.1) is 0 Å². The standard InChI is InChI=1S/C27H34N4/c1-5-7-24-21(4)27(13-12-25(24)28-6-2)31-16-14-30(15-17-31)19-22-9-11-23-10-8-20(3)29-26(23)18-22/h5-7,9,11-13,18,28-29H,2-3,8,10,14-17,19H2,1,4H3/b7-5+. The summed E-state index contributed by atoms with van der Waals surface area (Å²) in [6.07, 6.45) is 8.15. The van der Waals surface area contributed by atoms with E-state index in [1.807, 2.05) is 0 Å². The van der Waals surface area contributed by atoms with E-state index in [0.717, 1.165) is 56.9 Å². The first-order chi connectivity index (χ1) is 15.1. The Morgan fingerprint density at radius 2 is 1.90 bits per heavy atom. The van der Waals surface area contributed by atoms with Crippen LogP contribution in [0.5, 0.6) is 0 Å². The molecule has 1 fully saturated rings. The summed E-state index contributed by atoms with van der Waals surface area (Å²) in [5.74, 6) is 0. The zero-order valence-corrected chi connectivity index (χ0v) is 18.9. The van der Waals surface area contributed by atoms with Gasteiger partial charge in [0.05, 0.1) is 0 Å². The lowest BCUT2D eigenvalue weighted by atomic mass is 9.99. The summed E-state index contributed by atoms with van der Waals surface area (Å²) in [5, 5.41) is 6.73. The molecule has 31 heavy (non-hydrogen) atoms. The van der Waals surface area contributed by atoms with E-state index in [2.05, 4.69) is 89.9 Å². The molecule has 2 aromatic rings. The highest BCUT2D eigenvalue weighted by atomic mass is 15.3. The minimum absolute atomic E-state index is 1.00. The van der Waals surface area contributed by atoms with Crippen molar-refractivity contribution in [3.8, 4) is 0 Å². The number of anilines is 3. The van der Waals surface area contributed by atoms with E-state index in [1.165, 1.54) is 33.6 Å². The maximum atomic E-state index is 4.10. The topological polar surface area (TPSA) is 30.5 Å². The second kappa shape index (κ2) is 9.44. The van der Waals surface area contributed by atoms with Crippen LogP contribution in [0.25, 0.3) is 6.08 Å². The predicted octanol–water partition coefficient (Wildman–Crippen LogP) is 5.78. The van der Waals surface area contributed by atoms with Crippen molar-refractivity contribution >= 4 is 23.1 Å². The van der Waals surface area contributed by atoms with Gasteiger partial charge >= 0.3 is 0 Å². The first-order valence-electron chi connectivity index (χ1n) is 11.3. The molecule has 0 spiro atoms. The van der Waals surface area contributed by atoms with Crippen LogP contribution in [0, 0.1) is 6.92 Å². The van der Waals surface area contributed by atoms with Crippen molar-refractivity contribution in [2.45, 2.75) is 33.2 Å². The van der Waals surface area contributed by atoms with Crippen molar-refractivity contribution in [3.05, 3.63) is 83.7 Å². The molecule has 0 unspecified atom stereocenters. The van der Waals surface area contributed by atoms with Gasteiger partial charge in [-0.3, -0.25) is 4.90 Å². The van der Waals surface area contributed by atoms with Crippen LogP contribution in [0.3, 0.4) is 0 Å². The van der Waals surface area contributed by atoms with E-state index in [9.17, 15) is 0 Å². The Kier molecular flexibility index (Phi) is 6.47. The van der Waals surface area contributed by atoms with Crippen LogP contribution in [0.15, 0.2) is 61.5 Å². The molecular formula is C27H34N4. The van der Waals surface area contributed by atoms with E-state index in [-0.39, 0.29) is 0 Å². The average molecular weight is 415 g/mol. The number of hydrogen-bond acceptors (Lipinski definition) is 4. The maximum absolute atomic E-state index is 4.10. The summed E-state index contributed by atoms with van der Waals surface area (Å²) in [7, 11) is 0. The molecule has 0 aromatic heterocycles. The Labute approximate surface area is 187 Å². The quantitative estimate of drug-likeness (QED) is 0.627. The summed E-state index contributed by atoms with van der Waals surface area (Å²) >= 11 is 0. The predicted molar refractivity (Wildman–Crippen MR) is 135 cm³/mol. The normalized spacial score (nSPS) is 16.8. The highest BCUT2D eigenvalue weighted by Crippen LogP contribution is 2.32. The molecule has 2 aromatic carbocycles. The average Bonchev–Trinajstić information content (AvgIpc) is 2.77. The van der Waals surface area contributed by atoms with Crippen molar-refractivity contribution < 1.29 is 0 Å². The highest BCUT2D eigenvalue weighted by Gasteiger charge is 2.20. The molecule has 4 heteroatoms. The van der Waals surface area contributed by atoms with Gasteiger partial charge in [-0.25, -0.2) is 0 Å². The third-order valence-corrected chi connectivity index (χ3v) is 6.38. The van der Waals surface area contributed by atoms with Gasteiger partial charge in [0.25, 0.3) is 0 Å². The molecule has 0 saturated carbocycles. The van der Waals surface area contributed by atoms with Gasteiger partial charge in [-0.2, -0.15) is 0 Å². The number of nitrogens with one attached hydrogen (secondary N) is 2. The molecule has 2 N–H and O–H groups in total. The minimum atomic E-state index is 1.00. The summed E-state index contributed by atoms with van der Waals surface area (Å²) in [6, 6.07) is 11.3. The van der Waals surface area contributed by atoms with Crippen molar-refractivity contribution in [1.29, 1.82) is 0 Å². The molecule has 0 aliphatic carbocycles. The summed E-state index contributed by atoms with van der Waals surface area (Å²) in [4.78, 5) is 5.08. The molecule has 1 saturated heterocycles. The fourth-order valence-electron chi connectivity index (χ4n) is 4.68. The molecule has 2 aliphatic heterocycles. The minimum Gasteiger partial charge on any atom is -0.369 e. The van der Waals surface area contributed by atoms with Crippen molar-refractivity contribution in [3.63, 3.8) is 0 Å². The SMILES string of the molecule is C=CNc1ccc(N2CCN(Cc3ccc4c(c3)NC(=C)CC4)CC2)c(C)c1/C=C/C. The third-order valence-electron chi connectivity index (χ3n) is 6.38. The first kappa shape index (κ1) is 21.3. The van der Waals surface area contributed by atoms with Crippen molar-refractivity contribution in [2.75, 3.05) is 41.7 Å². The second-order valence-electron chi connectivity index (χ2n) is 8.50. The Morgan fingerprint density at radius 1 is 1.10 bits per heavy atom. The Hall–Kier alpha value is -2.98. The number of aryl methyl sites for hydroxylation is 1. The molecule has 0 bridgehead atoms. The number of rotatable bonds is 6. The molecule has 162 valence electrons. The van der Waals surface area contributed by atoms with E-state index in [0.29, 0.717) is 0 Å². The van der Waals surface area contributed by atoms with Gasteiger partial charge in [0.15, 0.2) is 0 Å². The van der Waals surface area contributed by atoms with Crippen LogP contribution in [0.1, 0.15) is 35.6 Å².